The molecule has 0 aliphatic heterocycles. The van der Waals surface area contributed by atoms with Crippen LogP contribution in [0.15, 0.2) is 24.3 Å². The second-order valence-corrected chi connectivity index (χ2v) is 4.67. The zero-order valence-corrected chi connectivity index (χ0v) is 10.6. The molecule has 17 heavy (non-hydrogen) atoms. The number of rotatable bonds is 5. The molecule has 3 heteroatoms. The highest BCUT2D eigenvalue weighted by Gasteiger charge is 2.41. The molecule has 3 nitrogen and oxygen atoms in total. The van der Waals surface area contributed by atoms with Gasteiger partial charge in [-0.1, -0.05) is 51.5 Å². The third kappa shape index (κ3) is 2.67. The molecule has 0 bridgehead atoms. The van der Waals surface area contributed by atoms with Crippen LogP contribution < -0.4 is 0 Å². The zero-order valence-electron chi connectivity index (χ0n) is 10.6. The molecule has 0 heterocycles. The molecule has 1 unspecified atom stereocenters. The molecule has 0 aromatic heterocycles. The summed E-state index contributed by atoms with van der Waals surface area (Å²) in [6.07, 6.45) is 2.01. The Bertz CT molecular complexity index is 381. The van der Waals surface area contributed by atoms with Gasteiger partial charge in [-0.2, -0.15) is 0 Å². The fourth-order valence-electron chi connectivity index (χ4n) is 1.92. The topological polar surface area (TPSA) is 57.5 Å². The second kappa shape index (κ2) is 5.32. The molecule has 0 spiro atoms. The quantitative estimate of drug-likeness (QED) is 0.826. The molecule has 0 radical (unpaired) electrons. The first-order valence-electron chi connectivity index (χ1n) is 5.98. The summed E-state index contributed by atoms with van der Waals surface area (Å²) in [5, 5.41) is 19.4. The maximum atomic E-state index is 11.2. The van der Waals surface area contributed by atoms with Crippen molar-refractivity contribution in [2.24, 2.45) is 5.92 Å². The number of hydrogen-bond donors (Lipinski definition) is 2. The Morgan fingerprint density at radius 1 is 1.29 bits per heavy atom. The fraction of sp³-hybridized carbons (Fsp3) is 0.500. The normalized spacial score (nSPS) is 14.6. The average Bonchev–Trinajstić information content (AvgIpc) is 2.28. The van der Waals surface area contributed by atoms with E-state index in [9.17, 15) is 15.0 Å². The van der Waals surface area contributed by atoms with Gasteiger partial charge >= 0.3 is 5.97 Å². The van der Waals surface area contributed by atoms with Gasteiger partial charge in [0.05, 0.1) is 0 Å². The third-order valence-corrected chi connectivity index (χ3v) is 3.09. The van der Waals surface area contributed by atoms with Crippen molar-refractivity contribution in [1.82, 2.24) is 0 Å². The average molecular weight is 236 g/mol. The van der Waals surface area contributed by atoms with E-state index in [4.69, 9.17) is 0 Å². The number of aliphatic hydroxyl groups is 1. The van der Waals surface area contributed by atoms with Crippen LogP contribution in [0.25, 0.3) is 0 Å². The van der Waals surface area contributed by atoms with Gasteiger partial charge in [0.25, 0.3) is 0 Å². The van der Waals surface area contributed by atoms with Gasteiger partial charge in [0.15, 0.2) is 5.60 Å². The van der Waals surface area contributed by atoms with Crippen molar-refractivity contribution in [3.05, 3.63) is 35.4 Å². The van der Waals surface area contributed by atoms with Crippen molar-refractivity contribution < 1.29 is 15.0 Å². The standard InChI is InChI=1S/C14H20O3/c1-4-5-11-6-8-12(9-7-11)14(17,10(2)3)13(15)16/h6-10,17H,4-5H2,1-3H3,(H,15,16). The summed E-state index contributed by atoms with van der Waals surface area (Å²) in [5.41, 5.74) is -0.197. The minimum absolute atomic E-state index is 0.378. The van der Waals surface area contributed by atoms with Crippen LogP contribution in [0.4, 0.5) is 0 Å². The molecule has 0 aliphatic carbocycles. The van der Waals surface area contributed by atoms with E-state index in [-0.39, 0.29) is 5.92 Å². The summed E-state index contributed by atoms with van der Waals surface area (Å²) >= 11 is 0. The Kier molecular flexibility index (Phi) is 4.29. The summed E-state index contributed by atoms with van der Waals surface area (Å²) in [5.74, 6) is -1.58. The molecular formula is C14H20O3. The highest BCUT2D eigenvalue weighted by Crippen LogP contribution is 2.30. The highest BCUT2D eigenvalue weighted by atomic mass is 16.4. The van der Waals surface area contributed by atoms with Gasteiger partial charge in [0, 0.05) is 0 Å². The van der Waals surface area contributed by atoms with Gasteiger partial charge in [-0.3, -0.25) is 0 Å². The Balaban J connectivity index is 3.09. The molecule has 1 atom stereocenters. The van der Waals surface area contributed by atoms with E-state index in [0.717, 1.165) is 18.4 Å². The Hall–Kier alpha value is -1.35. The third-order valence-electron chi connectivity index (χ3n) is 3.09. The van der Waals surface area contributed by atoms with E-state index in [1.807, 2.05) is 12.1 Å². The van der Waals surface area contributed by atoms with E-state index in [0.29, 0.717) is 5.56 Å². The van der Waals surface area contributed by atoms with Crippen LogP contribution in [-0.4, -0.2) is 16.2 Å². The molecule has 0 amide bonds. The van der Waals surface area contributed by atoms with E-state index in [1.165, 1.54) is 0 Å². The van der Waals surface area contributed by atoms with Gasteiger partial charge < -0.3 is 10.2 Å². The largest absolute Gasteiger partial charge is 0.479 e. The van der Waals surface area contributed by atoms with Gasteiger partial charge in [-0.05, 0) is 23.5 Å². The molecule has 0 aliphatic rings. The van der Waals surface area contributed by atoms with E-state index in [2.05, 4.69) is 6.92 Å². The Morgan fingerprint density at radius 3 is 2.18 bits per heavy atom. The van der Waals surface area contributed by atoms with Gasteiger partial charge in [0.1, 0.15) is 0 Å². The molecule has 0 fully saturated rings. The van der Waals surface area contributed by atoms with Crippen molar-refractivity contribution in [1.29, 1.82) is 0 Å². The predicted octanol–water partition coefficient (Wildman–Crippen LogP) is 2.57. The molecule has 1 aromatic carbocycles. The second-order valence-electron chi connectivity index (χ2n) is 4.67. The van der Waals surface area contributed by atoms with Crippen LogP contribution in [0.2, 0.25) is 0 Å². The lowest BCUT2D eigenvalue weighted by molar-refractivity contribution is -0.165. The van der Waals surface area contributed by atoms with Crippen LogP contribution in [0.5, 0.6) is 0 Å². The molecule has 2 N–H and O–H groups in total. The van der Waals surface area contributed by atoms with Gasteiger partial charge in [0.2, 0.25) is 0 Å². The van der Waals surface area contributed by atoms with Crippen LogP contribution >= 0.6 is 0 Å². The SMILES string of the molecule is CCCc1ccc(C(O)(C(=O)O)C(C)C)cc1. The van der Waals surface area contributed by atoms with Crippen molar-refractivity contribution in [2.45, 2.75) is 39.2 Å². The molecular weight excluding hydrogens is 216 g/mol. The summed E-state index contributed by atoms with van der Waals surface area (Å²) in [6, 6.07) is 7.18. The summed E-state index contributed by atoms with van der Waals surface area (Å²) < 4.78 is 0. The Morgan fingerprint density at radius 2 is 1.82 bits per heavy atom. The van der Waals surface area contributed by atoms with E-state index >= 15 is 0 Å². The number of aliphatic carboxylic acids is 1. The van der Waals surface area contributed by atoms with Gasteiger partial charge in [-0.25, -0.2) is 4.79 Å². The van der Waals surface area contributed by atoms with Crippen LogP contribution in [-0.2, 0) is 16.8 Å². The summed E-state index contributed by atoms with van der Waals surface area (Å²) in [7, 11) is 0. The lowest BCUT2D eigenvalue weighted by Crippen LogP contribution is -2.40. The zero-order chi connectivity index (χ0) is 13.1. The molecule has 94 valence electrons. The Labute approximate surface area is 102 Å². The summed E-state index contributed by atoms with van der Waals surface area (Å²) in [6.45, 7) is 5.50. The minimum Gasteiger partial charge on any atom is -0.479 e. The molecule has 0 saturated heterocycles. The number of aryl methyl sites for hydroxylation is 1. The maximum Gasteiger partial charge on any atom is 0.340 e. The van der Waals surface area contributed by atoms with Crippen LogP contribution in [0, 0.1) is 5.92 Å². The van der Waals surface area contributed by atoms with Crippen LogP contribution in [0.3, 0.4) is 0 Å². The van der Waals surface area contributed by atoms with Crippen LogP contribution in [0.1, 0.15) is 38.3 Å². The maximum absolute atomic E-state index is 11.2. The fourth-order valence-corrected chi connectivity index (χ4v) is 1.92. The number of carbonyl (C=O) groups is 1. The monoisotopic (exact) mass is 236 g/mol. The minimum atomic E-state index is -1.80. The van der Waals surface area contributed by atoms with Crippen molar-refractivity contribution in [3.8, 4) is 0 Å². The number of carboxylic acid groups (broad SMARTS) is 1. The lowest BCUT2D eigenvalue weighted by atomic mass is 9.83. The number of hydrogen-bond acceptors (Lipinski definition) is 2. The first kappa shape index (κ1) is 13.7. The van der Waals surface area contributed by atoms with Crippen molar-refractivity contribution >= 4 is 5.97 Å². The van der Waals surface area contributed by atoms with Crippen molar-refractivity contribution in [2.75, 3.05) is 0 Å². The molecule has 1 aromatic rings. The molecule has 1 rings (SSSR count). The molecule has 0 saturated carbocycles. The number of benzene rings is 1. The predicted molar refractivity (Wildman–Crippen MR) is 66.8 cm³/mol. The van der Waals surface area contributed by atoms with Crippen molar-refractivity contribution in [3.63, 3.8) is 0 Å². The first-order valence-corrected chi connectivity index (χ1v) is 5.98. The summed E-state index contributed by atoms with van der Waals surface area (Å²) in [4.78, 5) is 11.2. The number of carboxylic acids is 1. The first-order chi connectivity index (χ1) is 7.92. The van der Waals surface area contributed by atoms with E-state index < -0.39 is 11.6 Å². The highest BCUT2D eigenvalue weighted by molar-refractivity contribution is 5.79. The van der Waals surface area contributed by atoms with Gasteiger partial charge in [-0.15, -0.1) is 0 Å². The van der Waals surface area contributed by atoms with E-state index in [1.54, 1.807) is 26.0 Å². The lowest BCUT2D eigenvalue weighted by Gasteiger charge is -2.28. The smallest absolute Gasteiger partial charge is 0.340 e.